The van der Waals surface area contributed by atoms with E-state index in [1.54, 1.807) is 41.6 Å². The number of aliphatic hydroxyl groups is 1. The fraction of sp³-hybridized carbons (Fsp3) is 0.172. The average molecular weight is 503 g/mol. The number of hydrogen-bond donors (Lipinski definition) is 2. The first kappa shape index (κ1) is 24.0. The Morgan fingerprint density at radius 3 is 2.31 bits per heavy atom. The maximum absolute atomic E-state index is 13.3. The van der Waals surface area contributed by atoms with Crippen LogP contribution in [0.1, 0.15) is 36.1 Å². The summed E-state index contributed by atoms with van der Waals surface area (Å²) >= 11 is 6.07. The van der Waals surface area contributed by atoms with Crippen LogP contribution in [0.4, 0.5) is 10.1 Å². The van der Waals surface area contributed by atoms with Crippen LogP contribution in [0.5, 0.6) is 5.75 Å². The van der Waals surface area contributed by atoms with Crippen molar-refractivity contribution in [1.29, 1.82) is 0 Å². The number of nitrogens with zero attached hydrogens (tertiary/aromatic N) is 2. The van der Waals surface area contributed by atoms with Crippen LogP contribution in [-0.4, -0.2) is 21.1 Å². The van der Waals surface area contributed by atoms with Gasteiger partial charge < -0.3 is 15.1 Å². The normalized spacial score (nSPS) is 18.1. The van der Waals surface area contributed by atoms with Gasteiger partial charge >= 0.3 is 0 Å². The molecule has 0 bridgehead atoms. The zero-order chi connectivity index (χ0) is 25.2. The molecule has 2 N–H and O–H groups in total. The summed E-state index contributed by atoms with van der Waals surface area (Å²) in [6.07, 6.45) is 3.35. The third-order valence-electron chi connectivity index (χ3n) is 6.64. The fourth-order valence-corrected chi connectivity index (χ4v) is 4.92. The zero-order valence-electron chi connectivity index (χ0n) is 19.3. The van der Waals surface area contributed by atoms with Crippen LogP contribution in [0, 0.1) is 11.7 Å². The topological polar surface area (TPSA) is 73.7 Å². The summed E-state index contributed by atoms with van der Waals surface area (Å²) in [5.41, 5.74) is 4.09. The van der Waals surface area contributed by atoms with Crippen molar-refractivity contribution < 1.29 is 19.4 Å². The standard InChI is InChI=1S/C29H24ClFN2O3/c30-22-15-21(16-32-17-22)18-3-9-24(10-4-18)33-28(20-5-11-25(34)12-6-20)26(29(33)36)13-14-27(35)19-1-7-23(31)8-2-19/h1-12,15-17,26-28,34-35H,13-14H2/t26-,27+,28-/m1/s1. The average Bonchev–Trinajstić information content (AvgIpc) is 2.88. The summed E-state index contributed by atoms with van der Waals surface area (Å²) in [6, 6.07) is 21.8. The molecule has 1 fully saturated rings. The number of phenolic OH excluding ortho intramolecular Hbond substituents is 1. The van der Waals surface area contributed by atoms with Crippen LogP contribution < -0.4 is 4.90 Å². The highest BCUT2D eigenvalue weighted by Gasteiger charge is 2.48. The van der Waals surface area contributed by atoms with Gasteiger partial charge in [0, 0.05) is 23.6 Å². The third-order valence-corrected chi connectivity index (χ3v) is 6.84. The number of amides is 1. The van der Waals surface area contributed by atoms with Crippen molar-refractivity contribution in [2.45, 2.75) is 25.0 Å². The SMILES string of the molecule is O=C1[C@H](CC[C@H](O)c2ccc(F)cc2)[C@@H](c2ccc(O)cc2)N1c1ccc(-c2cncc(Cl)c2)cc1. The lowest BCUT2D eigenvalue weighted by molar-refractivity contribution is -0.131. The molecule has 0 aliphatic carbocycles. The molecular formula is C29H24ClFN2O3. The molecule has 0 saturated carbocycles. The van der Waals surface area contributed by atoms with E-state index in [2.05, 4.69) is 4.98 Å². The van der Waals surface area contributed by atoms with E-state index in [1.165, 1.54) is 12.1 Å². The Bertz CT molecular complexity index is 1360. The number of phenols is 1. The Balaban J connectivity index is 1.37. The molecule has 5 nitrogen and oxygen atoms in total. The van der Waals surface area contributed by atoms with Crippen LogP contribution in [-0.2, 0) is 4.79 Å². The molecule has 0 radical (unpaired) electrons. The number of benzene rings is 3. The second-order valence-electron chi connectivity index (χ2n) is 8.93. The van der Waals surface area contributed by atoms with E-state index in [4.69, 9.17) is 11.6 Å². The number of hydrogen-bond acceptors (Lipinski definition) is 4. The lowest BCUT2D eigenvalue weighted by Gasteiger charge is -2.48. The molecule has 36 heavy (non-hydrogen) atoms. The van der Waals surface area contributed by atoms with Crippen molar-refractivity contribution in [3.63, 3.8) is 0 Å². The van der Waals surface area contributed by atoms with Crippen LogP contribution in [0.15, 0.2) is 91.3 Å². The highest BCUT2D eigenvalue weighted by molar-refractivity contribution is 6.30. The molecule has 0 spiro atoms. The first-order valence-corrected chi connectivity index (χ1v) is 12.0. The van der Waals surface area contributed by atoms with E-state index in [0.717, 1.165) is 22.4 Å². The van der Waals surface area contributed by atoms with Crippen molar-refractivity contribution >= 4 is 23.2 Å². The van der Waals surface area contributed by atoms with E-state index in [1.807, 2.05) is 42.5 Å². The molecule has 182 valence electrons. The molecule has 4 aromatic rings. The quantitative estimate of drug-likeness (QED) is 0.284. The smallest absolute Gasteiger partial charge is 0.233 e. The van der Waals surface area contributed by atoms with Gasteiger partial charge in [-0.25, -0.2) is 4.39 Å². The number of anilines is 1. The number of carbonyl (C=O) groups is 1. The molecular weight excluding hydrogens is 479 g/mol. The monoisotopic (exact) mass is 502 g/mol. The van der Waals surface area contributed by atoms with Crippen molar-refractivity contribution in [3.05, 3.63) is 113 Å². The van der Waals surface area contributed by atoms with Gasteiger partial charge in [0.05, 0.1) is 23.1 Å². The van der Waals surface area contributed by atoms with E-state index >= 15 is 0 Å². The molecule has 0 unspecified atom stereocenters. The van der Waals surface area contributed by atoms with Crippen molar-refractivity contribution in [2.24, 2.45) is 5.92 Å². The first-order chi connectivity index (χ1) is 17.4. The molecule has 2 heterocycles. The van der Waals surface area contributed by atoms with Crippen LogP contribution in [0.3, 0.4) is 0 Å². The molecule has 1 amide bonds. The van der Waals surface area contributed by atoms with Gasteiger partial charge in [-0.2, -0.15) is 0 Å². The van der Waals surface area contributed by atoms with Crippen molar-refractivity contribution in [1.82, 2.24) is 4.98 Å². The Hall–Kier alpha value is -3.74. The summed E-state index contributed by atoms with van der Waals surface area (Å²) in [5, 5.41) is 20.9. The lowest BCUT2D eigenvalue weighted by atomic mass is 9.78. The van der Waals surface area contributed by atoms with Gasteiger partial charge in [-0.05, 0) is 72.0 Å². The summed E-state index contributed by atoms with van der Waals surface area (Å²) in [7, 11) is 0. The largest absolute Gasteiger partial charge is 0.508 e. The highest BCUT2D eigenvalue weighted by atomic mass is 35.5. The minimum atomic E-state index is -0.793. The summed E-state index contributed by atoms with van der Waals surface area (Å²) in [4.78, 5) is 19.2. The van der Waals surface area contributed by atoms with Gasteiger partial charge in [0.2, 0.25) is 5.91 Å². The third kappa shape index (κ3) is 4.83. The summed E-state index contributed by atoms with van der Waals surface area (Å²) in [6.45, 7) is 0. The Morgan fingerprint density at radius 1 is 0.944 bits per heavy atom. The summed E-state index contributed by atoms with van der Waals surface area (Å²) in [5.74, 6) is -0.572. The highest BCUT2D eigenvalue weighted by Crippen LogP contribution is 2.46. The molecule has 1 aromatic heterocycles. The minimum Gasteiger partial charge on any atom is -0.508 e. The molecule has 7 heteroatoms. The van der Waals surface area contributed by atoms with Crippen molar-refractivity contribution in [3.8, 4) is 16.9 Å². The molecule has 1 saturated heterocycles. The molecule has 5 rings (SSSR count). The number of aromatic nitrogens is 1. The number of rotatable bonds is 7. The molecule has 3 atom stereocenters. The van der Waals surface area contributed by atoms with Gasteiger partial charge in [0.1, 0.15) is 11.6 Å². The molecule has 1 aliphatic rings. The number of β-lactam (4-membered cyclic amide) rings is 1. The van der Waals surface area contributed by atoms with E-state index in [-0.39, 0.29) is 29.4 Å². The van der Waals surface area contributed by atoms with E-state index in [9.17, 15) is 19.4 Å². The summed E-state index contributed by atoms with van der Waals surface area (Å²) < 4.78 is 13.2. The van der Waals surface area contributed by atoms with Gasteiger partial charge in [-0.1, -0.05) is 48.0 Å². The van der Waals surface area contributed by atoms with Crippen LogP contribution >= 0.6 is 11.6 Å². The second kappa shape index (κ2) is 10.1. The molecule has 3 aromatic carbocycles. The molecule has 1 aliphatic heterocycles. The van der Waals surface area contributed by atoms with Crippen LogP contribution in [0.2, 0.25) is 5.02 Å². The predicted octanol–water partition coefficient (Wildman–Crippen LogP) is 6.46. The maximum Gasteiger partial charge on any atom is 0.233 e. The fourth-order valence-electron chi connectivity index (χ4n) is 4.74. The number of halogens is 2. The minimum absolute atomic E-state index is 0.0310. The number of aromatic hydroxyl groups is 1. The van der Waals surface area contributed by atoms with Gasteiger partial charge in [0.25, 0.3) is 0 Å². The Kier molecular flexibility index (Phi) is 6.72. The Labute approximate surface area is 213 Å². The second-order valence-corrected chi connectivity index (χ2v) is 9.37. The first-order valence-electron chi connectivity index (χ1n) is 11.7. The van der Waals surface area contributed by atoms with Gasteiger partial charge in [-0.15, -0.1) is 0 Å². The van der Waals surface area contributed by atoms with E-state index < -0.39 is 6.10 Å². The number of pyridine rings is 1. The number of aliphatic hydroxyl groups excluding tert-OH is 1. The number of carbonyl (C=O) groups excluding carboxylic acids is 1. The lowest BCUT2D eigenvalue weighted by Crippen LogP contribution is -2.55. The van der Waals surface area contributed by atoms with Crippen LogP contribution in [0.25, 0.3) is 11.1 Å². The van der Waals surface area contributed by atoms with Crippen molar-refractivity contribution in [2.75, 3.05) is 4.90 Å². The van der Waals surface area contributed by atoms with E-state index in [0.29, 0.717) is 23.4 Å². The van der Waals surface area contributed by atoms with Gasteiger partial charge in [-0.3, -0.25) is 9.78 Å². The maximum atomic E-state index is 13.3. The zero-order valence-corrected chi connectivity index (χ0v) is 20.0. The predicted molar refractivity (Wildman–Crippen MR) is 137 cm³/mol. The Morgan fingerprint density at radius 2 is 1.64 bits per heavy atom. The van der Waals surface area contributed by atoms with Gasteiger partial charge in [0.15, 0.2) is 0 Å².